The van der Waals surface area contributed by atoms with Crippen LogP contribution in [0.3, 0.4) is 0 Å². The summed E-state index contributed by atoms with van der Waals surface area (Å²) in [5.74, 6) is 0.760. The summed E-state index contributed by atoms with van der Waals surface area (Å²) >= 11 is 6.18. The van der Waals surface area contributed by atoms with Crippen molar-refractivity contribution in [2.75, 3.05) is 38.2 Å². The number of rotatable bonds is 5. The third kappa shape index (κ3) is 4.82. The van der Waals surface area contributed by atoms with E-state index in [4.69, 9.17) is 21.4 Å². The van der Waals surface area contributed by atoms with Crippen molar-refractivity contribution in [3.8, 4) is 22.7 Å². The summed E-state index contributed by atoms with van der Waals surface area (Å²) in [5, 5.41) is 5.62. The highest BCUT2D eigenvalue weighted by atomic mass is 35.5. The molecule has 3 aromatic carbocycles. The van der Waals surface area contributed by atoms with Crippen LogP contribution in [0.2, 0.25) is 5.02 Å². The number of carbonyl (C=O) groups is 1. The average molecular weight is 501 g/mol. The molecule has 0 unspecified atom stereocenters. The molecule has 36 heavy (non-hydrogen) atoms. The first-order valence-corrected chi connectivity index (χ1v) is 12.4. The van der Waals surface area contributed by atoms with Crippen molar-refractivity contribution in [3.05, 3.63) is 94.6 Å². The van der Waals surface area contributed by atoms with E-state index in [2.05, 4.69) is 29.2 Å². The summed E-state index contributed by atoms with van der Waals surface area (Å²) in [5.41, 5.74) is 6.41. The van der Waals surface area contributed by atoms with Gasteiger partial charge in [-0.25, -0.2) is 4.68 Å². The van der Waals surface area contributed by atoms with Gasteiger partial charge in [0.2, 0.25) is 0 Å². The average Bonchev–Trinajstić information content (AvgIpc) is 3.35. The number of nitrogens with zero attached hydrogens (tertiary/aromatic N) is 4. The molecule has 1 fully saturated rings. The molecule has 7 heteroatoms. The maximum absolute atomic E-state index is 13.8. The van der Waals surface area contributed by atoms with E-state index in [9.17, 15) is 4.79 Å². The van der Waals surface area contributed by atoms with Crippen LogP contribution in [0.1, 0.15) is 21.6 Å². The van der Waals surface area contributed by atoms with Gasteiger partial charge in [0.05, 0.1) is 18.5 Å². The predicted molar refractivity (Wildman–Crippen MR) is 145 cm³/mol. The lowest BCUT2D eigenvalue weighted by Crippen LogP contribution is -2.49. The van der Waals surface area contributed by atoms with E-state index in [-0.39, 0.29) is 5.91 Å². The van der Waals surface area contributed by atoms with Gasteiger partial charge < -0.3 is 14.5 Å². The smallest absolute Gasteiger partial charge is 0.272 e. The standard InChI is InChI=1S/C29H29ClN4O2/c1-20-7-8-21(2)27(17-20)34-28(19-26(31-34)22-9-11-25(36-3)12-10-22)29(35)33-15-13-32(14-16-33)24-6-4-5-23(30)18-24/h4-12,17-19H,13-16H2,1-3H3. The lowest BCUT2D eigenvalue weighted by Gasteiger charge is -2.36. The van der Waals surface area contributed by atoms with E-state index in [1.807, 2.05) is 67.3 Å². The van der Waals surface area contributed by atoms with Crippen molar-refractivity contribution in [2.24, 2.45) is 0 Å². The first-order valence-electron chi connectivity index (χ1n) is 12.0. The van der Waals surface area contributed by atoms with Crippen molar-refractivity contribution < 1.29 is 9.53 Å². The van der Waals surface area contributed by atoms with Gasteiger partial charge in [0.25, 0.3) is 5.91 Å². The van der Waals surface area contributed by atoms with Crippen molar-refractivity contribution in [3.63, 3.8) is 0 Å². The summed E-state index contributed by atoms with van der Waals surface area (Å²) in [6, 6.07) is 23.7. The normalized spacial score (nSPS) is 13.7. The van der Waals surface area contributed by atoms with Gasteiger partial charge in [-0.3, -0.25) is 4.79 Å². The third-order valence-corrected chi connectivity index (χ3v) is 6.88. The lowest BCUT2D eigenvalue weighted by atomic mass is 10.1. The number of amides is 1. The van der Waals surface area contributed by atoms with Gasteiger partial charge in [0.1, 0.15) is 11.4 Å². The highest BCUT2D eigenvalue weighted by Crippen LogP contribution is 2.27. The van der Waals surface area contributed by atoms with Crippen LogP contribution < -0.4 is 9.64 Å². The number of hydrogen-bond donors (Lipinski definition) is 0. The Morgan fingerprint density at radius 2 is 1.67 bits per heavy atom. The molecule has 0 radical (unpaired) electrons. The number of halogens is 1. The zero-order valence-electron chi connectivity index (χ0n) is 20.7. The van der Waals surface area contributed by atoms with Crippen molar-refractivity contribution >= 4 is 23.2 Å². The summed E-state index contributed by atoms with van der Waals surface area (Å²) in [4.78, 5) is 18.0. The molecular formula is C29H29ClN4O2. The molecule has 6 nitrogen and oxygen atoms in total. The van der Waals surface area contributed by atoms with Crippen molar-refractivity contribution in [1.82, 2.24) is 14.7 Å². The minimum Gasteiger partial charge on any atom is -0.497 e. The Bertz CT molecular complexity index is 1390. The van der Waals surface area contributed by atoms with Crippen molar-refractivity contribution in [2.45, 2.75) is 13.8 Å². The minimum atomic E-state index is -0.0195. The monoisotopic (exact) mass is 500 g/mol. The molecule has 0 N–H and O–H groups in total. The van der Waals surface area contributed by atoms with E-state index in [0.717, 1.165) is 57.6 Å². The predicted octanol–water partition coefficient (Wildman–Crippen LogP) is 5.78. The summed E-state index contributed by atoms with van der Waals surface area (Å²) in [7, 11) is 1.65. The van der Waals surface area contributed by atoms with Crippen LogP contribution in [-0.2, 0) is 0 Å². The number of benzene rings is 3. The van der Waals surface area contributed by atoms with Gasteiger partial charge in [0, 0.05) is 42.5 Å². The van der Waals surface area contributed by atoms with Gasteiger partial charge in [-0.1, -0.05) is 29.8 Å². The third-order valence-electron chi connectivity index (χ3n) is 6.65. The summed E-state index contributed by atoms with van der Waals surface area (Å²) in [6.07, 6.45) is 0. The van der Waals surface area contributed by atoms with E-state index in [1.54, 1.807) is 11.8 Å². The molecule has 1 saturated heterocycles. The molecule has 0 bridgehead atoms. The summed E-state index contributed by atoms with van der Waals surface area (Å²) in [6.45, 7) is 6.83. The second kappa shape index (κ2) is 10.1. The molecule has 5 rings (SSSR count). The largest absolute Gasteiger partial charge is 0.497 e. The number of carbonyl (C=O) groups excluding carboxylic acids is 1. The highest BCUT2D eigenvalue weighted by Gasteiger charge is 2.27. The van der Waals surface area contributed by atoms with Crippen LogP contribution in [-0.4, -0.2) is 53.9 Å². The Balaban J connectivity index is 1.46. The van der Waals surface area contributed by atoms with Crippen LogP contribution in [0.4, 0.5) is 5.69 Å². The molecule has 184 valence electrons. The Morgan fingerprint density at radius 3 is 2.36 bits per heavy atom. The highest BCUT2D eigenvalue weighted by molar-refractivity contribution is 6.30. The zero-order chi connectivity index (χ0) is 25.2. The number of aromatic nitrogens is 2. The van der Waals surface area contributed by atoms with Crippen LogP contribution >= 0.6 is 11.6 Å². The molecule has 1 aliphatic heterocycles. The zero-order valence-corrected chi connectivity index (χ0v) is 21.5. The Morgan fingerprint density at radius 1 is 0.917 bits per heavy atom. The van der Waals surface area contributed by atoms with E-state index in [0.29, 0.717) is 18.8 Å². The van der Waals surface area contributed by atoms with Gasteiger partial charge in [-0.05, 0) is 79.6 Å². The molecule has 0 atom stereocenters. The van der Waals surface area contributed by atoms with Gasteiger partial charge >= 0.3 is 0 Å². The molecule has 0 spiro atoms. The number of aryl methyl sites for hydroxylation is 2. The number of methoxy groups -OCH3 is 1. The molecule has 0 aliphatic carbocycles. The lowest BCUT2D eigenvalue weighted by molar-refractivity contribution is 0.0737. The molecule has 1 aromatic heterocycles. The molecular weight excluding hydrogens is 472 g/mol. The van der Waals surface area contributed by atoms with E-state index < -0.39 is 0 Å². The van der Waals surface area contributed by atoms with Crippen LogP contribution in [0.5, 0.6) is 5.75 Å². The molecule has 2 heterocycles. The summed E-state index contributed by atoms with van der Waals surface area (Å²) < 4.78 is 7.10. The number of hydrogen-bond acceptors (Lipinski definition) is 4. The second-order valence-corrected chi connectivity index (χ2v) is 9.54. The fourth-order valence-electron chi connectivity index (χ4n) is 4.57. The Hall–Kier alpha value is -3.77. The van der Waals surface area contributed by atoms with Gasteiger partial charge in [-0.2, -0.15) is 5.10 Å². The second-order valence-electron chi connectivity index (χ2n) is 9.10. The minimum absolute atomic E-state index is 0.0195. The SMILES string of the molecule is COc1ccc(-c2cc(C(=O)N3CCN(c4cccc(Cl)c4)CC3)n(-c3cc(C)ccc3C)n2)cc1. The number of piperazine rings is 1. The van der Waals surface area contributed by atoms with Crippen LogP contribution in [0, 0.1) is 13.8 Å². The number of anilines is 1. The molecule has 1 amide bonds. The Kier molecular flexibility index (Phi) is 6.70. The fourth-order valence-corrected chi connectivity index (χ4v) is 4.75. The molecule has 4 aromatic rings. The van der Waals surface area contributed by atoms with Crippen LogP contribution in [0.15, 0.2) is 72.8 Å². The maximum Gasteiger partial charge on any atom is 0.272 e. The van der Waals surface area contributed by atoms with Crippen LogP contribution in [0.25, 0.3) is 16.9 Å². The Labute approximate surface area is 216 Å². The van der Waals surface area contributed by atoms with Crippen molar-refractivity contribution in [1.29, 1.82) is 0 Å². The maximum atomic E-state index is 13.8. The molecule has 0 saturated carbocycles. The molecule has 1 aliphatic rings. The fraction of sp³-hybridized carbons (Fsp3) is 0.241. The van der Waals surface area contributed by atoms with Gasteiger partial charge in [-0.15, -0.1) is 0 Å². The topological polar surface area (TPSA) is 50.6 Å². The first kappa shape index (κ1) is 23.9. The number of ether oxygens (including phenoxy) is 1. The van der Waals surface area contributed by atoms with E-state index in [1.165, 1.54) is 0 Å². The first-order chi connectivity index (χ1) is 17.4. The van der Waals surface area contributed by atoms with Gasteiger partial charge in [0.15, 0.2) is 0 Å². The quantitative estimate of drug-likeness (QED) is 0.348. The van der Waals surface area contributed by atoms with E-state index >= 15 is 0 Å².